The minimum absolute atomic E-state index is 0.114. The van der Waals surface area contributed by atoms with Crippen molar-refractivity contribution in [3.05, 3.63) is 69.2 Å². The van der Waals surface area contributed by atoms with Crippen LogP contribution in [0.4, 0.5) is 5.69 Å². The van der Waals surface area contributed by atoms with E-state index < -0.39 is 0 Å². The highest BCUT2D eigenvalue weighted by Gasteiger charge is 2.14. The van der Waals surface area contributed by atoms with Gasteiger partial charge in [0, 0.05) is 12.7 Å². The van der Waals surface area contributed by atoms with Gasteiger partial charge in [-0.2, -0.15) is 5.26 Å². The molecule has 0 saturated carbocycles. The van der Waals surface area contributed by atoms with E-state index in [1.165, 1.54) is 4.57 Å². The van der Waals surface area contributed by atoms with Crippen molar-refractivity contribution in [1.82, 2.24) is 19.2 Å². The first-order chi connectivity index (χ1) is 12.6. The fraction of sp³-hybridized carbons (Fsp3) is 0.111. The van der Waals surface area contributed by atoms with Crippen LogP contribution in [0.1, 0.15) is 11.4 Å². The van der Waals surface area contributed by atoms with Crippen LogP contribution in [-0.4, -0.2) is 19.2 Å². The van der Waals surface area contributed by atoms with Gasteiger partial charge in [-0.3, -0.25) is 13.8 Å². The predicted octanol–water partition coefficient (Wildman–Crippen LogP) is 2.72. The Labute approximate surface area is 153 Å². The van der Waals surface area contributed by atoms with Crippen LogP contribution >= 0.6 is 11.6 Å². The van der Waals surface area contributed by atoms with E-state index in [1.54, 1.807) is 31.3 Å². The molecule has 8 heteroatoms. The smallest absolute Gasteiger partial charge is 0.262 e. The number of nitrogens with zero attached hydrogens (tertiary/aromatic N) is 5. The highest BCUT2D eigenvalue weighted by molar-refractivity contribution is 6.31. The lowest BCUT2D eigenvalue weighted by Crippen LogP contribution is -2.20. The summed E-state index contributed by atoms with van der Waals surface area (Å²) in [5.74, 6) is 1.12. The Morgan fingerprint density at radius 2 is 2.04 bits per heavy atom. The van der Waals surface area contributed by atoms with E-state index in [0.29, 0.717) is 34.1 Å². The second-order valence-electron chi connectivity index (χ2n) is 5.79. The maximum Gasteiger partial charge on any atom is 0.262 e. The van der Waals surface area contributed by atoms with Gasteiger partial charge in [-0.05, 0) is 30.3 Å². The Morgan fingerprint density at radius 3 is 2.85 bits per heavy atom. The van der Waals surface area contributed by atoms with Crippen LogP contribution in [0, 0.1) is 11.3 Å². The summed E-state index contributed by atoms with van der Waals surface area (Å²) < 4.78 is 3.33. The molecular formula is C18H13ClN6O. The van der Waals surface area contributed by atoms with Gasteiger partial charge in [0.25, 0.3) is 5.56 Å². The molecule has 1 N–H and O–H groups in total. The summed E-state index contributed by atoms with van der Waals surface area (Å²) in [5, 5.41) is 21.7. The van der Waals surface area contributed by atoms with Gasteiger partial charge in [0.2, 0.25) is 5.78 Å². The number of para-hydroxylation sites is 1. The lowest BCUT2D eigenvalue weighted by molar-refractivity contribution is 0.855. The normalized spacial score (nSPS) is 11.0. The van der Waals surface area contributed by atoms with Gasteiger partial charge in [0.1, 0.15) is 6.07 Å². The number of aromatic nitrogens is 4. The molecule has 0 aliphatic rings. The SMILES string of the molecule is Cn1c(=O)c2ccccc2n2c(CNc3ccc(Cl)c(C#N)c3)nnc12. The van der Waals surface area contributed by atoms with Gasteiger partial charge in [-0.25, -0.2) is 0 Å². The molecule has 0 atom stereocenters. The molecule has 0 aliphatic carbocycles. The minimum atomic E-state index is -0.114. The van der Waals surface area contributed by atoms with Crippen LogP contribution in [0.2, 0.25) is 5.02 Å². The Bertz CT molecular complexity index is 1250. The second kappa shape index (κ2) is 6.17. The van der Waals surface area contributed by atoms with E-state index in [0.717, 1.165) is 11.2 Å². The summed E-state index contributed by atoms with van der Waals surface area (Å²) in [6.45, 7) is 0.371. The van der Waals surface area contributed by atoms with Crippen molar-refractivity contribution in [2.75, 3.05) is 5.32 Å². The van der Waals surface area contributed by atoms with Crippen LogP contribution in [0.25, 0.3) is 16.7 Å². The molecule has 7 nitrogen and oxygen atoms in total. The Kier molecular flexibility index (Phi) is 3.82. The predicted molar refractivity (Wildman–Crippen MR) is 99.2 cm³/mol. The van der Waals surface area contributed by atoms with Gasteiger partial charge in [0.15, 0.2) is 5.82 Å². The van der Waals surface area contributed by atoms with Crippen molar-refractivity contribution in [3.63, 3.8) is 0 Å². The summed E-state index contributed by atoms with van der Waals surface area (Å²) in [4.78, 5) is 12.5. The van der Waals surface area contributed by atoms with Crippen molar-refractivity contribution < 1.29 is 0 Å². The zero-order valence-electron chi connectivity index (χ0n) is 13.8. The van der Waals surface area contributed by atoms with E-state index in [1.807, 2.05) is 22.6 Å². The van der Waals surface area contributed by atoms with Gasteiger partial charge in [0.05, 0.1) is 28.0 Å². The molecule has 0 fully saturated rings. The fourth-order valence-corrected chi connectivity index (χ4v) is 3.07. The molecule has 0 bridgehead atoms. The number of rotatable bonds is 3. The number of fused-ring (bicyclic) bond motifs is 3. The van der Waals surface area contributed by atoms with Gasteiger partial charge in [-0.1, -0.05) is 23.7 Å². The molecule has 2 heterocycles. The van der Waals surface area contributed by atoms with Crippen molar-refractivity contribution in [3.8, 4) is 6.07 Å². The van der Waals surface area contributed by atoms with Crippen LogP contribution in [-0.2, 0) is 13.6 Å². The van der Waals surface area contributed by atoms with Gasteiger partial charge in [-0.15, -0.1) is 10.2 Å². The number of halogens is 1. The molecule has 4 aromatic rings. The summed E-state index contributed by atoms with van der Waals surface area (Å²) >= 11 is 5.96. The number of benzene rings is 2. The quantitative estimate of drug-likeness (QED) is 0.604. The van der Waals surface area contributed by atoms with E-state index in [-0.39, 0.29) is 5.56 Å². The zero-order chi connectivity index (χ0) is 18.3. The molecule has 0 unspecified atom stereocenters. The highest BCUT2D eigenvalue weighted by Crippen LogP contribution is 2.20. The molecule has 0 aliphatic heterocycles. The molecule has 128 valence electrons. The summed E-state index contributed by atoms with van der Waals surface area (Å²) in [7, 11) is 1.67. The number of aryl methyl sites for hydroxylation is 1. The maximum atomic E-state index is 12.5. The number of nitrogens with one attached hydrogen (secondary N) is 1. The molecule has 26 heavy (non-hydrogen) atoms. The molecule has 4 rings (SSSR count). The Morgan fingerprint density at radius 1 is 1.23 bits per heavy atom. The minimum Gasteiger partial charge on any atom is -0.378 e. The lowest BCUT2D eigenvalue weighted by atomic mass is 10.2. The lowest BCUT2D eigenvalue weighted by Gasteiger charge is -2.09. The van der Waals surface area contributed by atoms with E-state index in [4.69, 9.17) is 16.9 Å². The number of anilines is 1. The average Bonchev–Trinajstić information content (AvgIpc) is 3.09. The van der Waals surface area contributed by atoms with E-state index >= 15 is 0 Å². The monoisotopic (exact) mass is 364 g/mol. The van der Waals surface area contributed by atoms with Crippen LogP contribution in [0.15, 0.2) is 47.3 Å². The first-order valence-corrected chi connectivity index (χ1v) is 8.23. The molecule has 0 radical (unpaired) electrons. The standard InChI is InChI=1S/C18H13ClN6O/c1-24-17(26)13-4-2-3-5-15(13)25-16(22-23-18(24)25)10-21-12-6-7-14(19)11(8-12)9-20/h2-8,21H,10H2,1H3. The average molecular weight is 365 g/mol. The third kappa shape index (κ3) is 2.48. The summed E-state index contributed by atoms with van der Waals surface area (Å²) in [5.41, 5.74) is 1.78. The van der Waals surface area contributed by atoms with Gasteiger partial charge >= 0.3 is 0 Å². The van der Waals surface area contributed by atoms with Crippen molar-refractivity contribution in [2.24, 2.45) is 7.05 Å². The van der Waals surface area contributed by atoms with E-state index in [2.05, 4.69) is 21.6 Å². The Hall–Kier alpha value is -3.37. The van der Waals surface area contributed by atoms with Crippen molar-refractivity contribution >= 4 is 34.0 Å². The third-order valence-corrected chi connectivity index (χ3v) is 4.56. The van der Waals surface area contributed by atoms with Crippen LogP contribution in [0.5, 0.6) is 0 Å². The fourth-order valence-electron chi connectivity index (χ4n) is 2.91. The van der Waals surface area contributed by atoms with Crippen molar-refractivity contribution in [2.45, 2.75) is 6.54 Å². The number of hydrogen-bond acceptors (Lipinski definition) is 5. The number of nitriles is 1. The second-order valence-corrected chi connectivity index (χ2v) is 6.20. The largest absolute Gasteiger partial charge is 0.378 e. The molecule has 0 amide bonds. The highest BCUT2D eigenvalue weighted by atomic mass is 35.5. The summed E-state index contributed by atoms with van der Waals surface area (Å²) in [6.07, 6.45) is 0. The van der Waals surface area contributed by atoms with Crippen LogP contribution < -0.4 is 10.9 Å². The molecule has 2 aromatic carbocycles. The van der Waals surface area contributed by atoms with Crippen LogP contribution in [0.3, 0.4) is 0 Å². The topological polar surface area (TPSA) is 88.0 Å². The maximum absolute atomic E-state index is 12.5. The first kappa shape index (κ1) is 16.1. The summed E-state index contributed by atoms with van der Waals surface area (Å²) in [6, 6.07) is 14.5. The molecule has 0 spiro atoms. The zero-order valence-corrected chi connectivity index (χ0v) is 14.5. The van der Waals surface area contributed by atoms with E-state index in [9.17, 15) is 4.79 Å². The first-order valence-electron chi connectivity index (χ1n) is 7.85. The molecular weight excluding hydrogens is 352 g/mol. The molecule has 0 saturated heterocycles. The molecule has 2 aromatic heterocycles. The van der Waals surface area contributed by atoms with Crippen molar-refractivity contribution in [1.29, 1.82) is 5.26 Å². The Balaban J connectivity index is 1.79. The number of hydrogen-bond donors (Lipinski definition) is 1. The third-order valence-electron chi connectivity index (χ3n) is 4.23. The van der Waals surface area contributed by atoms with Gasteiger partial charge < -0.3 is 5.32 Å².